The second-order valence-corrected chi connectivity index (χ2v) is 5.56. The van der Waals surface area contributed by atoms with E-state index in [4.69, 9.17) is 12.2 Å². The maximum atomic E-state index is 13.2. The Morgan fingerprint density at radius 3 is 3.00 bits per heavy atom. The van der Waals surface area contributed by atoms with Gasteiger partial charge in [0.2, 0.25) is 0 Å². The van der Waals surface area contributed by atoms with E-state index in [-0.39, 0.29) is 5.82 Å². The molecule has 1 N–H and O–H groups in total. The molecule has 0 aliphatic heterocycles. The SMILES string of the molecule is CSCC(C)Cn1c(=S)[nH]c2ccc(F)cc21. The zero-order valence-electron chi connectivity index (χ0n) is 9.87. The van der Waals surface area contributed by atoms with Gasteiger partial charge in [0.25, 0.3) is 0 Å². The summed E-state index contributed by atoms with van der Waals surface area (Å²) in [5, 5.41) is 0. The van der Waals surface area contributed by atoms with Crippen LogP contribution in [0.5, 0.6) is 0 Å². The van der Waals surface area contributed by atoms with Gasteiger partial charge in [-0.15, -0.1) is 0 Å². The molecule has 2 aromatic rings. The highest BCUT2D eigenvalue weighted by molar-refractivity contribution is 7.98. The molecule has 92 valence electrons. The van der Waals surface area contributed by atoms with E-state index in [9.17, 15) is 4.39 Å². The number of thioether (sulfide) groups is 1. The van der Waals surface area contributed by atoms with Crippen LogP contribution < -0.4 is 0 Å². The van der Waals surface area contributed by atoms with Crippen molar-refractivity contribution in [1.82, 2.24) is 9.55 Å². The lowest BCUT2D eigenvalue weighted by molar-refractivity contribution is 0.536. The van der Waals surface area contributed by atoms with Crippen molar-refractivity contribution in [3.05, 3.63) is 28.8 Å². The first-order chi connectivity index (χ1) is 8.11. The van der Waals surface area contributed by atoms with Gasteiger partial charge in [0, 0.05) is 6.54 Å². The highest BCUT2D eigenvalue weighted by Gasteiger charge is 2.09. The Labute approximate surface area is 109 Å². The Balaban J connectivity index is 2.42. The minimum atomic E-state index is -0.224. The first-order valence-corrected chi connectivity index (χ1v) is 7.29. The fraction of sp³-hybridized carbons (Fsp3) is 0.417. The number of nitrogens with one attached hydrogen (secondary N) is 1. The lowest BCUT2D eigenvalue weighted by Gasteiger charge is -2.11. The van der Waals surface area contributed by atoms with Crippen molar-refractivity contribution in [3.8, 4) is 0 Å². The van der Waals surface area contributed by atoms with Crippen LogP contribution >= 0.6 is 24.0 Å². The van der Waals surface area contributed by atoms with Gasteiger partial charge >= 0.3 is 0 Å². The summed E-state index contributed by atoms with van der Waals surface area (Å²) in [6.45, 7) is 3.00. The van der Waals surface area contributed by atoms with Crippen LogP contribution in [-0.2, 0) is 6.54 Å². The number of aromatic amines is 1. The lowest BCUT2D eigenvalue weighted by Crippen LogP contribution is -2.09. The highest BCUT2D eigenvalue weighted by Crippen LogP contribution is 2.18. The number of rotatable bonds is 4. The lowest BCUT2D eigenvalue weighted by atomic mass is 10.2. The average Bonchev–Trinajstić information content (AvgIpc) is 2.56. The van der Waals surface area contributed by atoms with E-state index in [1.807, 2.05) is 16.3 Å². The number of nitrogens with zero attached hydrogens (tertiary/aromatic N) is 1. The molecule has 0 fully saturated rings. The Morgan fingerprint density at radius 1 is 1.53 bits per heavy atom. The number of imidazole rings is 1. The van der Waals surface area contributed by atoms with Crippen molar-refractivity contribution in [2.75, 3.05) is 12.0 Å². The van der Waals surface area contributed by atoms with Crippen LogP contribution in [-0.4, -0.2) is 21.6 Å². The van der Waals surface area contributed by atoms with Gasteiger partial charge in [-0.2, -0.15) is 11.8 Å². The third-order valence-electron chi connectivity index (χ3n) is 2.68. The molecule has 0 bridgehead atoms. The van der Waals surface area contributed by atoms with Crippen molar-refractivity contribution in [3.63, 3.8) is 0 Å². The van der Waals surface area contributed by atoms with E-state index in [0.717, 1.165) is 23.3 Å². The fourth-order valence-electron chi connectivity index (χ4n) is 1.96. The largest absolute Gasteiger partial charge is 0.331 e. The van der Waals surface area contributed by atoms with Gasteiger partial charge in [-0.1, -0.05) is 6.92 Å². The molecule has 0 radical (unpaired) electrons. The Morgan fingerprint density at radius 2 is 2.29 bits per heavy atom. The quantitative estimate of drug-likeness (QED) is 0.852. The molecular weight excluding hydrogens is 255 g/mol. The molecule has 1 heterocycles. The summed E-state index contributed by atoms with van der Waals surface area (Å²) in [6.07, 6.45) is 2.09. The number of H-pyrrole nitrogens is 1. The second kappa shape index (κ2) is 5.23. The van der Waals surface area contributed by atoms with E-state index >= 15 is 0 Å². The van der Waals surface area contributed by atoms with Crippen LogP contribution in [0, 0.1) is 16.5 Å². The molecule has 17 heavy (non-hydrogen) atoms. The zero-order chi connectivity index (χ0) is 12.4. The van der Waals surface area contributed by atoms with Crippen LogP contribution in [0.4, 0.5) is 4.39 Å². The smallest absolute Gasteiger partial charge is 0.178 e. The standard InChI is InChI=1S/C12H15FN2S2/c1-8(7-17-2)6-15-11-5-9(13)3-4-10(11)14-12(15)16/h3-5,8H,6-7H2,1-2H3,(H,14,16). The van der Waals surface area contributed by atoms with Gasteiger partial charge in [-0.25, -0.2) is 4.39 Å². The van der Waals surface area contributed by atoms with Gasteiger partial charge in [0.1, 0.15) is 5.82 Å². The third kappa shape index (κ3) is 2.72. The molecule has 0 aliphatic rings. The summed E-state index contributed by atoms with van der Waals surface area (Å²) in [5.41, 5.74) is 1.75. The summed E-state index contributed by atoms with van der Waals surface area (Å²) in [6, 6.07) is 4.72. The topological polar surface area (TPSA) is 20.7 Å². The average molecular weight is 270 g/mol. The molecule has 1 atom stereocenters. The molecule has 1 unspecified atom stereocenters. The van der Waals surface area contributed by atoms with Gasteiger partial charge in [-0.05, 0) is 48.3 Å². The van der Waals surface area contributed by atoms with Crippen LogP contribution in [0.25, 0.3) is 11.0 Å². The molecular formula is C12H15FN2S2. The summed E-state index contributed by atoms with van der Waals surface area (Å²) in [7, 11) is 0. The number of benzene rings is 1. The van der Waals surface area contributed by atoms with Crippen molar-refractivity contribution >= 4 is 35.0 Å². The minimum Gasteiger partial charge on any atom is -0.331 e. The van der Waals surface area contributed by atoms with Crippen LogP contribution in [0.1, 0.15) is 6.92 Å². The van der Waals surface area contributed by atoms with Gasteiger partial charge in [0.05, 0.1) is 11.0 Å². The molecule has 1 aromatic carbocycles. The molecule has 5 heteroatoms. The first kappa shape index (κ1) is 12.6. The van der Waals surface area contributed by atoms with Crippen LogP contribution in [0.2, 0.25) is 0 Å². The molecule has 0 amide bonds. The summed E-state index contributed by atoms with van der Waals surface area (Å²) < 4.78 is 15.9. The van der Waals surface area contributed by atoms with Crippen molar-refractivity contribution < 1.29 is 4.39 Å². The Kier molecular flexibility index (Phi) is 3.89. The summed E-state index contributed by atoms with van der Waals surface area (Å²) in [4.78, 5) is 3.11. The van der Waals surface area contributed by atoms with Crippen molar-refractivity contribution in [1.29, 1.82) is 0 Å². The highest BCUT2D eigenvalue weighted by atomic mass is 32.2. The Hall–Kier alpha value is -0.810. The van der Waals surface area contributed by atoms with E-state index < -0.39 is 0 Å². The fourth-order valence-corrected chi connectivity index (χ4v) is 2.91. The summed E-state index contributed by atoms with van der Waals surface area (Å²) in [5.74, 6) is 1.36. The Bertz CT molecular complexity index is 573. The molecule has 0 spiro atoms. The third-order valence-corrected chi connectivity index (χ3v) is 3.91. The van der Waals surface area contributed by atoms with Crippen LogP contribution in [0.3, 0.4) is 0 Å². The number of fused-ring (bicyclic) bond motifs is 1. The number of hydrogen-bond donors (Lipinski definition) is 1. The van der Waals surface area contributed by atoms with E-state index in [1.54, 1.807) is 6.07 Å². The van der Waals surface area contributed by atoms with Gasteiger partial charge in [0.15, 0.2) is 4.77 Å². The predicted molar refractivity (Wildman–Crippen MR) is 74.6 cm³/mol. The monoisotopic (exact) mass is 270 g/mol. The van der Waals surface area contributed by atoms with E-state index in [0.29, 0.717) is 10.7 Å². The predicted octanol–water partition coefficient (Wildman–Crippen LogP) is 3.84. The zero-order valence-corrected chi connectivity index (χ0v) is 11.5. The molecule has 2 rings (SSSR count). The second-order valence-electron chi connectivity index (χ2n) is 4.26. The van der Waals surface area contributed by atoms with E-state index in [1.165, 1.54) is 12.1 Å². The molecule has 0 saturated heterocycles. The number of hydrogen-bond acceptors (Lipinski definition) is 2. The number of aromatic nitrogens is 2. The molecule has 2 nitrogen and oxygen atoms in total. The maximum Gasteiger partial charge on any atom is 0.178 e. The normalized spacial score (nSPS) is 13.1. The molecule has 1 aromatic heterocycles. The molecule has 0 saturated carbocycles. The van der Waals surface area contributed by atoms with Crippen molar-refractivity contribution in [2.45, 2.75) is 13.5 Å². The van der Waals surface area contributed by atoms with E-state index in [2.05, 4.69) is 18.2 Å². The minimum absolute atomic E-state index is 0.224. The molecule has 0 aliphatic carbocycles. The van der Waals surface area contributed by atoms with Gasteiger partial charge < -0.3 is 9.55 Å². The summed E-state index contributed by atoms with van der Waals surface area (Å²) >= 11 is 7.09. The number of halogens is 1. The maximum absolute atomic E-state index is 13.2. The van der Waals surface area contributed by atoms with Crippen LogP contribution in [0.15, 0.2) is 18.2 Å². The first-order valence-electron chi connectivity index (χ1n) is 5.49. The van der Waals surface area contributed by atoms with Gasteiger partial charge in [-0.3, -0.25) is 0 Å². The van der Waals surface area contributed by atoms with Crippen molar-refractivity contribution in [2.24, 2.45) is 5.92 Å².